The van der Waals surface area contributed by atoms with Gasteiger partial charge in [-0.05, 0) is 30.7 Å². The number of hydrazine groups is 1. The lowest BCUT2D eigenvalue weighted by Crippen LogP contribution is -2.56. The molecule has 0 radical (unpaired) electrons. The molecule has 1 spiro atoms. The van der Waals surface area contributed by atoms with Crippen molar-refractivity contribution in [3.8, 4) is 0 Å². The van der Waals surface area contributed by atoms with Crippen molar-refractivity contribution >= 4 is 41.0 Å². The topological polar surface area (TPSA) is 96.0 Å². The molecule has 1 saturated heterocycles. The van der Waals surface area contributed by atoms with Crippen LogP contribution in [0.1, 0.15) is 18.9 Å². The number of carbonyl (C=O) groups is 4. The Morgan fingerprint density at radius 3 is 2.58 bits per heavy atom. The van der Waals surface area contributed by atoms with E-state index in [0.717, 1.165) is 15.5 Å². The molecule has 1 aromatic carbocycles. The van der Waals surface area contributed by atoms with Gasteiger partial charge in [0, 0.05) is 11.9 Å². The molecule has 1 fully saturated rings. The van der Waals surface area contributed by atoms with Crippen LogP contribution in [-0.2, 0) is 23.9 Å². The maximum absolute atomic E-state index is 13.1. The molecule has 9 heteroatoms. The predicted molar refractivity (Wildman–Crippen MR) is 91.8 cm³/mol. The van der Waals surface area contributed by atoms with Crippen molar-refractivity contribution < 1.29 is 23.9 Å². The average Bonchev–Trinajstić information content (AvgIpc) is 3.08. The maximum atomic E-state index is 13.1. The summed E-state index contributed by atoms with van der Waals surface area (Å²) in [6, 6.07) is 4.80. The lowest BCUT2D eigenvalue weighted by atomic mass is 9.96. The van der Waals surface area contributed by atoms with Crippen molar-refractivity contribution in [2.24, 2.45) is 0 Å². The van der Waals surface area contributed by atoms with E-state index in [1.165, 1.54) is 26.2 Å². The first kappa shape index (κ1) is 17.9. The van der Waals surface area contributed by atoms with E-state index in [0.29, 0.717) is 10.7 Å². The van der Waals surface area contributed by atoms with Gasteiger partial charge in [-0.25, -0.2) is 14.7 Å². The van der Waals surface area contributed by atoms with Crippen molar-refractivity contribution in [1.82, 2.24) is 10.4 Å². The van der Waals surface area contributed by atoms with Gasteiger partial charge >= 0.3 is 5.97 Å². The van der Waals surface area contributed by atoms with Gasteiger partial charge < -0.3 is 4.74 Å². The third-order valence-corrected chi connectivity index (χ3v) is 4.80. The van der Waals surface area contributed by atoms with Gasteiger partial charge in [0.15, 0.2) is 5.54 Å². The van der Waals surface area contributed by atoms with E-state index < -0.39 is 29.2 Å². The van der Waals surface area contributed by atoms with Crippen LogP contribution in [0.3, 0.4) is 0 Å². The zero-order valence-corrected chi connectivity index (χ0v) is 15.1. The summed E-state index contributed by atoms with van der Waals surface area (Å²) in [5.41, 5.74) is 1.96. The number of esters is 1. The Labute approximate surface area is 154 Å². The molecular formula is C17H16ClN3O5. The van der Waals surface area contributed by atoms with E-state index in [4.69, 9.17) is 11.6 Å². The number of rotatable bonds is 2. The van der Waals surface area contributed by atoms with Gasteiger partial charge in [0.25, 0.3) is 5.91 Å². The summed E-state index contributed by atoms with van der Waals surface area (Å²) < 4.78 is 4.63. The highest BCUT2D eigenvalue weighted by atomic mass is 35.5. The zero-order valence-electron chi connectivity index (χ0n) is 14.3. The van der Waals surface area contributed by atoms with Gasteiger partial charge in [-0.1, -0.05) is 17.7 Å². The smallest absolute Gasteiger partial charge is 0.355 e. The highest BCUT2D eigenvalue weighted by Gasteiger charge is 2.59. The Kier molecular flexibility index (Phi) is 4.23. The predicted octanol–water partition coefficient (Wildman–Crippen LogP) is 1.07. The molecule has 8 nitrogen and oxygen atoms in total. The number of aryl methyl sites for hydroxylation is 1. The van der Waals surface area contributed by atoms with Crippen LogP contribution >= 0.6 is 11.6 Å². The van der Waals surface area contributed by atoms with Gasteiger partial charge in [-0.3, -0.25) is 19.8 Å². The molecule has 3 rings (SSSR count). The monoisotopic (exact) mass is 377 g/mol. The van der Waals surface area contributed by atoms with Crippen LogP contribution in [0.15, 0.2) is 30.0 Å². The maximum Gasteiger partial charge on any atom is 0.355 e. The lowest BCUT2D eigenvalue weighted by Gasteiger charge is -2.30. The minimum Gasteiger partial charge on any atom is -0.464 e. The number of methoxy groups -OCH3 is 1. The second kappa shape index (κ2) is 6.14. The fourth-order valence-corrected chi connectivity index (χ4v) is 3.27. The van der Waals surface area contributed by atoms with Gasteiger partial charge in [-0.2, -0.15) is 0 Å². The molecule has 0 bridgehead atoms. The van der Waals surface area contributed by atoms with Gasteiger partial charge in [-0.15, -0.1) is 0 Å². The molecule has 0 aromatic heterocycles. The Morgan fingerprint density at radius 2 is 2.00 bits per heavy atom. The fourth-order valence-electron chi connectivity index (χ4n) is 3.09. The number of hydrogen-bond acceptors (Lipinski definition) is 6. The molecule has 1 aromatic rings. The number of benzene rings is 1. The molecular weight excluding hydrogens is 362 g/mol. The number of nitrogens with zero attached hydrogens (tertiary/aromatic N) is 2. The minimum absolute atomic E-state index is 0.0763. The van der Waals surface area contributed by atoms with Crippen molar-refractivity contribution in [3.05, 3.63) is 40.6 Å². The molecule has 2 heterocycles. The molecule has 1 N–H and O–H groups in total. The highest BCUT2D eigenvalue weighted by molar-refractivity contribution is 6.32. The van der Waals surface area contributed by atoms with Crippen LogP contribution in [0, 0.1) is 6.92 Å². The number of imide groups is 1. The van der Waals surface area contributed by atoms with Gasteiger partial charge in [0.2, 0.25) is 11.8 Å². The van der Waals surface area contributed by atoms with Crippen LogP contribution in [0.4, 0.5) is 5.69 Å². The summed E-state index contributed by atoms with van der Waals surface area (Å²) in [7, 11) is 1.18. The van der Waals surface area contributed by atoms with Crippen molar-refractivity contribution in [2.75, 3.05) is 12.0 Å². The molecule has 0 saturated carbocycles. The summed E-state index contributed by atoms with van der Waals surface area (Å²) in [5.74, 6) is -2.43. The number of hydrogen-bond donors (Lipinski definition) is 1. The second-order valence-corrected chi connectivity index (χ2v) is 6.49. The Hall–Kier alpha value is -2.87. The van der Waals surface area contributed by atoms with E-state index >= 15 is 0 Å². The standard InChI is InChI=1S/C17H16ClN3O5/c1-9-4-5-11(6-12(9)18)20-14(23)8-17(16(20)25)7-13(15(24)26-3)19-21(17)10(2)22/h4-7,19H,8H2,1-3H3/t17-/m1/s1. The quantitative estimate of drug-likeness (QED) is 0.612. The van der Waals surface area contributed by atoms with E-state index in [-0.39, 0.29) is 12.1 Å². The molecule has 2 aliphatic rings. The average molecular weight is 378 g/mol. The number of nitrogens with one attached hydrogen (secondary N) is 1. The number of ether oxygens (including phenoxy) is 1. The summed E-state index contributed by atoms with van der Waals surface area (Å²) in [4.78, 5) is 50.6. The zero-order chi connectivity index (χ0) is 19.2. The molecule has 1 atom stereocenters. The van der Waals surface area contributed by atoms with Crippen molar-refractivity contribution in [2.45, 2.75) is 25.8 Å². The summed E-state index contributed by atoms with van der Waals surface area (Å²) in [5, 5.41) is 1.39. The van der Waals surface area contributed by atoms with Gasteiger partial charge in [0.1, 0.15) is 5.70 Å². The normalized spacial score (nSPS) is 21.9. The van der Waals surface area contributed by atoms with Gasteiger partial charge in [0.05, 0.1) is 19.2 Å². The van der Waals surface area contributed by atoms with Crippen molar-refractivity contribution in [1.29, 1.82) is 0 Å². The highest BCUT2D eigenvalue weighted by Crippen LogP contribution is 2.39. The van der Waals surface area contributed by atoms with Crippen LogP contribution < -0.4 is 10.3 Å². The number of amides is 3. The third-order valence-electron chi connectivity index (χ3n) is 4.39. The first-order chi connectivity index (χ1) is 12.2. The SMILES string of the molecule is COC(=O)C1=C[C@]2(CC(=O)N(c3ccc(C)c(Cl)c3)C2=O)N(C(C)=O)N1. The van der Waals surface area contributed by atoms with E-state index in [9.17, 15) is 19.2 Å². The molecule has 136 valence electrons. The molecule has 26 heavy (non-hydrogen) atoms. The molecule has 0 unspecified atom stereocenters. The number of anilines is 1. The fraction of sp³-hybridized carbons (Fsp3) is 0.294. The first-order valence-electron chi connectivity index (χ1n) is 7.73. The third kappa shape index (κ3) is 2.53. The Balaban J connectivity index is 2.07. The number of halogens is 1. The first-order valence-corrected chi connectivity index (χ1v) is 8.11. The van der Waals surface area contributed by atoms with Crippen LogP contribution in [-0.4, -0.2) is 41.3 Å². The molecule has 3 amide bonds. The van der Waals surface area contributed by atoms with Crippen molar-refractivity contribution in [3.63, 3.8) is 0 Å². The van der Waals surface area contributed by atoms with E-state index in [2.05, 4.69) is 10.2 Å². The Bertz CT molecular complexity index is 881. The van der Waals surface area contributed by atoms with Crippen LogP contribution in [0.2, 0.25) is 5.02 Å². The van der Waals surface area contributed by atoms with E-state index in [1.54, 1.807) is 19.1 Å². The molecule has 2 aliphatic heterocycles. The van der Waals surface area contributed by atoms with Crippen LogP contribution in [0.25, 0.3) is 0 Å². The van der Waals surface area contributed by atoms with Crippen LogP contribution in [0.5, 0.6) is 0 Å². The minimum atomic E-state index is -1.62. The lowest BCUT2D eigenvalue weighted by molar-refractivity contribution is -0.143. The number of carbonyl (C=O) groups excluding carboxylic acids is 4. The largest absolute Gasteiger partial charge is 0.464 e. The summed E-state index contributed by atoms with van der Waals surface area (Å²) in [6.45, 7) is 3.02. The van der Waals surface area contributed by atoms with E-state index in [1.807, 2.05) is 0 Å². The Morgan fingerprint density at radius 1 is 1.31 bits per heavy atom. The molecule has 0 aliphatic carbocycles. The summed E-state index contributed by atoms with van der Waals surface area (Å²) in [6.07, 6.45) is 0.959. The second-order valence-electron chi connectivity index (χ2n) is 6.08. The summed E-state index contributed by atoms with van der Waals surface area (Å²) >= 11 is 6.10.